The van der Waals surface area contributed by atoms with E-state index in [4.69, 9.17) is 9.47 Å². The highest BCUT2D eigenvalue weighted by atomic mass is 32.2. The summed E-state index contributed by atoms with van der Waals surface area (Å²) in [4.78, 5) is 12.9. The minimum Gasteiger partial charge on any atom is -0.494 e. The van der Waals surface area contributed by atoms with Crippen LogP contribution in [0.2, 0.25) is 0 Å². The lowest BCUT2D eigenvalue weighted by Crippen LogP contribution is -2.39. The fourth-order valence-electron chi connectivity index (χ4n) is 3.55. The standard InChI is InChI=1S/C23H30N6O5S/c1-5-34-13-7-12-28(15-22(30)25-23-17(2)8-6-9-18(23)3)35(31,32)19-10-11-20(21(14-19)33-4)29-16-24-26-27-29/h6,8-11,14,16H,5,7,12-13,15H2,1-4H3,(H,25,30). The molecule has 0 radical (unpaired) electrons. The van der Waals surface area contributed by atoms with Crippen molar-refractivity contribution >= 4 is 21.6 Å². The van der Waals surface area contributed by atoms with Crippen LogP contribution in [0.25, 0.3) is 5.69 Å². The molecule has 12 heteroatoms. The molecule has 188 valence electrons. The highest BCUT2D eigenvalue weighted by Crippen LogP contribution is 2.27. The Kier molecular flexibility index (Phi) is 8.90. The summed E-state index contributed by atoms with van der Waals surface area (Å²) in [6.45, 7) is 6.30. The number of carbonyl (C=O) groups excluding carboxylic acids is 1. The normalized spacial score (nSPS) is 11.6. The van der Waals surface area contributed by atoms with Crippen LogP contribution in [-0.4, -0.2) is 72.3 Å². The molecule has 35 heavy (non-hydrogen) atoms. The van der Waals surface area contributed by atoms with E-state index < -0.39 is 15.9 Å². The molecule has 3 rings (SSSR count). The number of ether oxygens (including phenoxy) is 2. The summed E-state index contributed by atoms with van der Waals surface area (Å²) < 4.78 is 40.4. The minimum atomic E-state index is -4.04. The number of tetrazole rings is 1. The highest BCUT2D eigenvalue weighted by Gasteiger charge is 2.28. The van der Waals surface area contributed by atoms with Gasteiger partial charge in [0, 0.05) is 31.5 Å². The van der Waals surface area contributed by atoms with Crippen LogP contribution in [0, 0.1) is 13.8 Å². The summed E-state index contributed by atoms with van der Waals surface area (Å²) in [5.41, 5.74) is 2.95. The number of carbonyl (C=O) groups is 1. The molecule has 3 aromatic rings. The lowest BCUT2D eigenvalue weighted by Gasteiger charge is -2.23. The maximum absolute atomic E-state index is 13.6. The quantitative estimate of drug-likeness (QED) is 0.374. The molecule has 0 fully saturated rings. The van der Waals surface area contributed by atoms with Gasteiger partial charge in [-0.25, -0.2) is 8.42 Å². The van der Waals surface area contributed by atoms with Gasteiger partial charge in [0.25, 0.3) is 0 Å². The number of hydrogen-bond acceptors (Lipinski definition) is 8. The van der Waals surface area contributed by atoms with Gasteiger partial charge < -0.3 is 14.8 Å². The zero-order chi connectivity index (χ0) is 25.4. The average Bonchev–Trinajstić information content (AvgIpc) is 3.37. The fourth-order valence-corrected chi connectivity index (χ4v) is 5.00. The van der Waals surface area contributed by atoms with Crippen LogP contribution in [0.15, 0.2) is 47.6 Å². The van der Waals surface area contributed by atoms with Crippen molar-refractivity contribution < 1.29 is 22.7 Å². The van der Waals surface area contributed by atoms with Crippen molar-refractivity contribution in [3.8, 4) is 11.4 Å². The van der Waals surface area contributed by atoms with Crippen LogP contribution in [0.3, 0.4) is 0 Å². The molecule has 0 saturated carbocycles. The SMILES string of the molecule is CCOCCCN(CC(=O)Nc1c(C)cccc1C)S(=O)(=O)c1ccc(-n2cnnn2)c(OC)c1. The van der Waals surface area contributed by atoms with Crippen molar-refractivity contribution in [3.63, 3.8) is 0 Å². The third kappa shape index (κ3) is 6.41. The molecular formula is C23H30N6O5S. The third-order valence-electron chi connectivity index (χ3n) is 5.35. The molecule has 0 atom stereocenters. The number of anilines is 1. The van der Waals surface area contributed by atoms with E-state index in [0.717, 1.165) is 15.4 Å². The lowest BCUT2D eigenvalue weighted by atomic mass is 10.1. The Labute approximate surface area is 205 Å². The topological polar surface area (TPSA) is 129 Å². The summed E-state index contributed by atoms with van der Waals surface area (Å²) in [5.74, 6) is -0.160. The second-order valence-electron chi connectivity index (χ2n) is 7.79. The van der Waals surface area contributed by atoms with Crippen molar-refractivity contribution in [2.75, 3.05) is 38.7 Å². The highest BCUT2D eigenvalue weighted by molar-refractivity contribution is 7.89. The van der Waals surface area contributed by atoms with Gasteiger partial charge in [-0.15, -0.1) is 5.10 Å². The molecule has 11 nitrogen and oxygen atoms in total. The summed E-state index contributed by atoms with van der Waals surface area (Å²) in [7, 11) is -2.61. The molecule has 0 saturated heterocycles. The molecule has 1 amide bonds. The number of methoxy groups -OCH3 is 1. The lowest BCUT2D eigenvalue weighted by molar-refractivity contribution is -0.116. The first-order chi connectivity index (χ1) is 16.8. The van der Waals surface area contributed by atoms with Crippen molar-refractivity contribution in [1.29, 1.82) is 0 Å². The predicted octanol–water partition coefficient (Wildman–Crippen LogP) is 2.34. The van der Waals surface area contributed by atoms with E-state index in [2.05, 4.69) is 20.8 Å². The van der Waals surface area contributed by atoms with Gasteiger partial charge in [-0.2, -0.15) is 8.99 Å². The van der Waals surface area contributed by atoms with Crippen LogP contribution in [0.1, 0.15) is 24.5 Å². The van der Waals surface area contributed by atoms with Gasteiger partial charge in [0.2, 0.25) is 15.9 Å². The first kappa shape index (κ1) is 26.3. The third-order valence-corrected chi connectivity index (χ3v) is 7.19. The predicted molar refractivity (Wildman–Crippen MR) is 130 cm³/mol. The van der Waals surface area contributed by atoms with Gasteiger partial charge in [-0.3, -0.25) is 4.79 Å². The van der Waals surface area contributed by atoms with E-state index in [1.165, 1.54) is 30.3 Å². The maximum Gasteiger partial charge on any atom is 0.243 e. The molecule has 1 aromatic heterocycles. The molecule has 0 bridgehead atoms. The monoisotopic (exact) mass is 502 g/mol. The van der Waals surface area contributed by atoms with Gasteiger partial charge in [-0.05, 0) is 60.9 Å². The summed E-state index contributed by atoms with van der Waals surface area (Å²) >= 11 is 0. The van der Waals surface area contributed by atoms with Gasteiger partial charge in [0.1, 0.15) is 17.8 Å². The first-order valence-corrected chi connectivity index (χ1v) is 12.6. The molecule has 0 aliphatic rings. The van der Waals surface area contributed by atoms with Gasteiger partial charge >= 0.3 is 0 Å². The molecule has 0 unspecified atom stereocenters. The Hall–Kier alpha value is -3.35. The Morgan fingerprint density at radius 3 is 2.54 bits per heavy atom. The van der Waals surface area contributed by atoms with Gasteiger partial charge in [0.05, 0.1) is 18.6 Å². The largest absolute Gasteiger partial charge is 0.494 e. The number of amides is 1. The van der Waals surface area contributed by atoms with E-state index >= 15 is 0 Å². The molecule has 2 aromatic carbocycles. The van der Waals surface area contributed by atoms with Crippen LogP contribution < -0.4 is 10.1 Å². The fraction of sp³-hybridized carbons (Fsp3) is 0.391. The van der Waals surface area contributed by atoms with Crippen LogP contribution in [0.5, 0.6) is 5.75 Å². The number of sulfonamides is 1. The number of para-hydroxylation sites is 1. The zero-order valence-electron chi connectivity index (χ0n) is 20.3. The average molecular weight is 503 g/mol. The van der Waals surface area contributed by atoms with Crippen LogP contribution >= 0.6 is 0 Å². The van der Waals surface area contributed by atoms with Crippen molar-refractivity contribution in [2.45, 2.75) is 32.1 Å². The minimum absolute atomic E-state index is 0.0116. The number of aryl methyl sites for hydroxylation is 2. The van der Waals surface area contributed by atoms with E-state index in [1.54, 1.807) is 6.07 Å². The van der Waals surface area contributed by atoms with E-state index in [1.807, 2.05) is 39.0 Å². The molecule has 0 spiro atoms. The molecular weight excluding hydrogens is 472 g/mol. The number of nitrogens with zero attached hydrogens (tertiary/aromatic N) is 5. The second-order valence-corrected chi connectivity index (χ2v) is 9.73. The van der Waals surface area contributed by atoms with Crippen molar-refractivity contribution in [3.05, 3.63) is 53.9 Å². The van der Waals surface area contributed by atoms with E-state index in [-0.39, 0.29) is 23.7 Å². The smallest absolute Gasteiger partial charge is 0.243 e. The summed E-state index contributed by atoms with van der Waals surface area (Å²) in [6.07, 6.45) is 1.81. The van der Waals surface area contributed by atoms with Crippen LogP contribution in [0.4, 0.5) is 5.69 Å². The molecule has 1 heterocycles. The van der Waals surface area contributed by atoms with E-state index in [9.17, 15) is 13.2 Å². The molecule has 0 aliphatic carbocycles. The number of hydrogen-bond donors (Lipinski definition) is 1. The molecule has 1 N–H and O–H groups in total. The van der Waals surface area contributed by atoms with E-state index in [0.29, 0.717) is 31.0 Å². The van der Waals surface area contributed by atoms with Crippen molar-refractivity contribution in [1.82, 2.24) is 24.5 Å². The zero-order valence-corrected chi connectivity index (χ0v) is 21.1. The molecule has 0 aliphatic heterocycles. The number of rotatable bonds is 12. The Balaban J connectivity index is 1.88. The number of aromatic nitrogens is 4. The Morgan fingerprint density at radius 1 is 1.17 bits per heavy atom. The Bertz CT molecular complexity index is 1230. The maximum atomic E-state index is 13.6. The summed E-state index contributed by atoms with van der Waals surface area (Å²) in [6, 6.07) is 10.1. The summed E-state index contributed by atoms with van der Waals surface area (Å²) in [5, 5.41) is 13.9. The van der Waals surface area contributed by atoms with Gasteiger partial charge in [-0.1, -0.05) is 18.2 Å². The second kappa shape index (κ2) is 11.9. The number of nitrogens with one attached hydrogen (secondary N) is 1. The van der Waals surface area contributed by atoms with Gasteiger partial charge in [0.15, 0.2) is 0 Å². The number of benzene rings is 2. The first-order valence-electron chi connectivity index (χ1n) is 11.1. The van der Waals surface area contributed by atoms with Crippen LogP contribution in [-0.2, 0) is 19.6 Å². The van der Waals surface area contributed by atoms with Crippen molar-refractivity contribution in [2.24, 2.45) is 0 Å². The Morgan fingerprint density at radius 2 is 1.91 bits per heavy atom.